The highest BCUT2D eigenvalue weighted by atomic mass is 35.5. The number of ether oxygens (including phenoxy) is 1. The molecule has 1 N–H and O–H groups in total. The van der Waals surface area contributed by atoms with E-state index in [0.717, 1.165) is 5.56 Å². The van der Waals surface area contributed by atoms with Gasteiger partial charge < -0.3 is 10.1 Å². The molecule has 3 aromatic rings. The van der Waals surface area contributed by atoms with Gasteiger partial charge in [0, 0.05) is 17.6 Å². The average molecular weight is 328 g/mol. The summed E-state index contributed by atoms with van der Waals surface area (Å²) in [6.45, 7) is 0.480. The molecule has 0 unspecified atom stereocenters. The number of nitrogens with one attached hydrogen (secondary N) is 1. The number of hydrogen-bond donors (Lipinski definition) is 1. The Bertz CT molecular complexity index is 792. The van der Waals surface area contributed by atoms with Crippen LogP contribution in [-0.2, 0) is 6.54 Å². The van der Waals surface area contributed by atoms with Crippen molar-refractivity contribution in [1.82, 2.24) is 0 Å². The summed E-state index contributed by atoms with van der Waals surface area (Å²) in [5.41, 5.74) is 1.51. The van der Waals surface area contributed by atoms with Crippen LogP contribution in [0.2, 0.25) is 5.02 Å². The van der Waals surface area contributed by atoms with Gasteiger partial charge in [-0.3, -0.25) is 0 Å². The van der Waals surface area contributed by atoms with Crippen molar-refractivity contribution in [1.29, 1.82) is 0 Å². The Morgan fingerprint density at radius 1 is 0.913 bits per heavy atom. The van der Waals surface area contributed by atoms with Gasteiger partial charge in [-0.1, -0.05) is 48.0 Å². The second-order valence-electron chi connectivity index (χ2n) is 5.00. The third-order valence-electron chi connectivity index (χ3n) is 3.34. The SMILES string of the molecule is Fc1ccc(Oc2ccccc2)c(NCc2ccccc2Cl)c1. The maximum Gasteiger partial charge on any atom is 0.150 e. The van der Waals surface area contributed by atoms with Crippen LogP contribution in [0.1, 0.15) is 5.56 Å². The molecule has 0 bridgehead atoms. The zero-order valence-corrected chi connectivity index (χ0v) is 13.1. The topological polar surface area (TPSA) is 21.3 Å². The van der Waals surface area contributed by atoms with Crippen molar-refractivity contribution in [2.24, 2.45) is 0 Å². The van der Waals surface area contributed by atoms with Crippen LogP contribution in [0.3, 0.4) is 0 Å². The fourth-order valence-corrected chi connectivity index (χ4v) is 2.38. The highest BCUT2D eigenvalue weighted by molar-refractivity contribution is 6.31. The smallest absolute Gasteiger partial charge is 0.150 e. The number of hydrogen-bond acceptors (Lipinski definition) is 2. The second kappa shape index (κ2) is 7.16. The zero-order chi connectivity index (χ0) is 16.1. The van der Waals surface area contributed by atoms with E-state index in [-0.39, 0.29) is 5.82 Å². The minimum atomic E-state index is -0.327. The summed E-state index contributed by atoms with van der Waals surface area (Å²) in [5, 5.41) is 3.85. The van der Waals surface area contributed by atoms with Crippen LogP contribution >= 0.6 is 11.6 Å². The first kappa shape index (κ1) is 15.4. The van der Waals surface area contributed by atoms with E-state index >= 15 is 0 Å². The molecule has 3 rings (SSSR count). The molecule has 0 spiro atoms. The van der Waals surface area contributed by atoms with Crippen molar-refractivity contribution in [2.45, 2.75) is 6.54 Å². The Balaban J connectivity index is 1.80. The highest BCUT2D eigenvalue weighted by Crippen LogP contribution is 2.31. The van der Waals surface area contributed by atoms with E-state index in [0.29, 0.717) is 28.8 Å². The Labute approximate surface area is 139 Å². The molecule has 0 atom stereocenters. The van der Waals surface area contributed by atoms with Gasteiger partial charge in [0.05, 0.1) is 5.69 Å². The van der Waals surface area contributed by atoms with Gasteiger partial charge in [0.1, 0.15) is 11.6 Å². The molecule has 0 aliphatic rings. The van der Waals surface area contributed by atoms with Gasteiger partial charge in [0.15, 0.2) is 5.75 Å². The molecule has 2 nitrogen and oxygen atoms in total. The normalized spacial score (nSPS) is 10.3. The van der Waals surface area contributed by atoms with E-state index in [4.69, 9.17) is 16.3 Å². The van der Waals surface area contributed by atoms with Gasteiger partial charge in [-0.15, -0.1) is 0 Å². The fourth-order valence-electron chi connectivity index (χ4n) is 2.18. The Hall–Kier alpha value is -2.52. The predicted octanol–water partition coefficient (Wildman–Crippen LogP) is 5.88. The summed E-state index contributed by atoms with van der Waals surface area (Å²) < 4.78 is 19.4. The minimum absolute atomic E-state index is 0.327. The first-order chi connectivity index (χ1) is 11.2. The van der Waals surface area contributed by atoms with E-state index in [1.807, 2.05) is 54.6 Å². The van der Waals surface area contributed by atoms with E-state index in [1.54, 1.807) is 6.07 Å². The lowest BCUT2D eigenvalue weighted by atomic mass is 10.2. The van der Waals surface area contributed by atoms with Crippen molar-refractivity contribution in [2.75, 3.05) is 5.32 Å². The van der Waals surface area contributed by atoms with Gasteiger partial charge in [-0.05, 0) is 35.9 Å². The number of para-hydroxylation sites is 1. The molecule has 0 heterocycles. The summed E-state index contributed by atoms with van der Waals surface area (Å²) in [7, 11) is 0. The van der Waals surface area contributed by atoms with Gasteiger partial charge in [-0.2, -0.15) is 0 Å². The minimum Gasteiger partial charge on any atom is -0.455 e. The number of halogens is 2. The molecular weight excluding hydrogens is 313 g/mol. The van der Waals surface area contributed by atoms with Gasteiger partial charge in [0.25, 0.3) is 0 Å². The van der Waals surface area contributed by atoms with Crippen molar-refractivity contribution in [3.05, 3.63) is 89.2 Å². The van der Waals surface area contributed by atoms with E-state index in [2.05, 4.69) is 5.32 Å². The third kappa shape index (κ3) is 4.02. The lowest BCUT2D eigenvalue weighted by Crippen LogP contribution is -2.02. The van der Waals surface area contributed by atoms with E-state index < -0.39 is 0 Å². The van der Waals surface area contributed by atoms with Crippen LogP contribution in [0, 0.1) is 5.82 Å². The lowest BCUT2D eigenvalue weighted by molar-refractivity contribution is 0.482. The number of benzene rings is 3. The lowest BCUT2D eigenvalue weighted by Gasteiger charge is -2.14. The molecule has 3 aromatic carbocycles. The molecular formula is C19H15ClFNO. The summed E-state index contributed by atoms with van der Waals surface area (Å²) in [6.07, 6.45) is 0. The molecule has 23 heavy (non-hydrogen) atoms. The fraction of sp³-hybridized carbons (Fsp3) is 0.0526. The Morgan fingerprint density at radius 3 is 2.43 bits per heavy atom. The van der Waals surface area contributed by atoms with E-state index in [9.17, 15) is 4.39 Å². The maximum absolute atomic E-state index is 13.6. The molecule has 0 radical (unpaired) electrons. The van der Waals surface area contributed by atoms with Crippen molar-refractivity contribution < 1.29 is 9.13 Å². The second-order valence-corrected chi connectivity index (χ2v) is 5.41. The van der Waals surface area contributed by atoms with Crippen LogP contribution in [0.15, 0.2) is 72.8 Å². The molecule has 0 aromatic heterocycles. The summed E-state index contributed by atoms with van der Waals surface area (Å²) >= 11 is 6.15. The van der Waals surface area contributed by atoms with Crippen LogP contribution in [0.4, 0.5) is 10.1 Å². The van der Waals surface area contributed by atoms with Crippen LogP contribution in [-0.4, -0.2) is 0 Å². The third-order valence-corrected chi connectivity index (χ3v) is 3.71. The highest BCUT2D eigenvalue weighted by Gasteiger charge is 2.08. The zero-order valence-electron chi connectivity index (χ0n) is 12.3. The number of anilines is 1. The van der Waals surface area contributed by atoms with Crippen LogP contribution < -0.4 is 10.1 Å². The molecule has 4 heteroatoms. The van der Waals surface area contributed by atoms with Gasteiger partial charge in [0.2, 0.25) is 0 Å². The largest absolute Gasteiger partial charge is 0.455 e. The first-order valence-corrected chi connectivity index (χ1v) is 7.60. The summed E-state index contributed by atoms with van der Waals surface area (Å²) in [5.74, 6) is 0.927. The Kier molecular flexibility index (Phi) is 4.79. The molecule has 0 fully saturated rings. The summed E-state index contributed by atoms with van der Waals surface area (Å²) in [4.78, 5) is 0. The van der Waals surface area contributed by atoms with Crippen LogP contribution in [0.25, 0.3) is 0 Å². The van der Waals surface area contributed by atoms with Crippen molar-refractivity contribution >= 4 is 17.3 Å². The molecule has 116 valence electrons. The quantitative estimate of drug-likeness (QED) is 0.631. The monoisotopic (exact) mass is 327 g/mol. The van der Waals surface area contributed by atoms with Crippen molar-refractivity contribution in [3.8, 4) is 11.5 Å². The molecule has 0 aliphatic carbocycles. The molecule has 0 amide bonds. The first-order valence-electron chi connectivity index (χ1n) is 7.22. The van der Waals surface area contributed by atoms with Crippen molar-refractivity contribution in [3.63, 3.8) is 0 Å². The molecule has 0 saturated heterocycles. The number of rotatable bonds is 5. The standard InChI is InChI=1S/C19H15ClFNO/c20-17-9-5-4-6-14(17)13-22-18-12-15(21)10-11-19(18)23-16-7-2-1-3-8-16/h1-12,22H,13H2. The van der Waals surface area contributed by atoms with Gasteiger partial charge >= 0.3 is 0 Å². The van der Waals surface area contributed by atoms with Crippen LogP contribution in [0.5, 0.6) is 11.5 Å². The maximum atomic E-state index is 13.6. The molecule has 0 aliphatic heterocycles. The average Bonchev–Trinajstić information content (AvgIpc) is 2.57. The predicted molar refractivity (Wildman–Crippen MR) is 91.7 cm³/mol. The summed E-state index contributed by atoms with van der Waals surface area (Å²) in [6, 6.07) is 21.3. The van der Waals surface area contributed by atoms with Gasteiger partial charge in [-0.25, -0.2) is 4.39 Å². The Morgan fingerprint density at radius 2 is 1.65 bits per heavy atom. The molecule has 0 saturated carbocycles. The van der Waals surface area contributed by atoms with E-state index in [1.165, 1.54) is 12.1 Å².